The topological polar surface area (TPSA) is 34.1 Å². The highest BCUT2D eigenvalue weighted by Crippen LogP contribution is 2.29. The molecule has 0 aliphatic carbocycles. The third-order valence-corrected chi connectivity index (χ3v) is 10.5. The van der Waals surface area contributed by atoms with E-state index in [0.29, 0.717) is 22.3 Å². The third kappa shape index (κ3) is 6.94. The molecular weight excluding hydrogens is 601 g/mol. The Morgan fingerprint density at radius 2 is 0.587 bits per heavy atom. The standard InChI is InChI=1S/C42H32O2S2/c43-41-35-19-11-31(12-20-35)27-45-25-29-7-15-33(16-8-29)37-3-1-4-38(23-37)34-17-9-30(10-18-34)26-46-28-32-13-21-36(22-14-32)42(44)40-6-2-5-39(41)24-40/h1-24H,25-28H2. The maximum absolute atomic E-state index is 13.3. The molecule has 0 fully saturated rings. The Hall–Kier alpha value is -4.64. The molecule has 0 aromatic heterocycles. The van der Waals surface area contributed by atoms with E-state index in [9.17, 15) is 9.59 Å². The summed E-state index contributed by atoms with van der Waals surface area (Å²) >= 11 is 3.72. The van der Waals surface area contributed by atoms with Gasteiger partial charge < -0.3 is 0 Å². The summed E-state index contributed by atoms with van der Waals surface area (Å²) in [5.74, 6) is 3.38. The van der Waals surface area contributed by atoms with E-state index in [-0.39, 0.29) is 11.6 Å². The first kappa shape index (κ1) is 30.0. The van der Waals surface area contributed by atoms with Crippen molar-refractivity contribution in [3.63, 3.8) is 0 Å². The Morgan fingerprint density at radius 1 is 0.304 bits per heavy atom. The van der Waals surface area contributed by atoms with Crippen LogP contribution in [0.1, 0.15) is 54.1 Å². The van der Waals surface area contributed by atoms with Crippen molar-refractivity contribution in [2.75, 3.05) is 0 Å². The van der Waals surface area contributed by atoms with Crippen LogP contribution in [0.3, 0.4) is 0 Å². The molecular formula is C42H32O2S2. The molecule has 0 atom stereocenters. The van der Waals surface area contributed by atoms with Gasteiger partial charge in [-0.15, -0.1) is 0 Å². The first-order valence-electron chi connectivity index (χ1n) is 15.4. The average molecular weight is 633 g/mol. The predicted molar refractivity (Wildman–Crippen MR) is 194 cm³/mol. The number of carbonyl (C=O) groups excluding carboxylic acids is 2. The summed E-state index contributed by atoms with van der Waals surface area (Å²) < 4.78 is 0. The molecule has 6 aromatic carbocycles. The van der Waals surface area contributed by atoms with Crippen molar-refractivity contribution in [3.05, 3.63) is 190 Å². The molecule has 46 heavy (non-hydrogen) atoms. The minimum absolute atomic E-state index is 0.0823. The fraction of sp³-hybridized carbons (Fsp3) is 0.0952. The van der Waals surface area contributed by atoms with Gasteiger partial charge >= 0.3 is 0 Å². The zero-order valence-corrected chi connectivity index (χ0v) is 27.0. The molecule has 0 saturated heterocycles. The Morgan fingerprint density at radius 3 is 0.935 bits per heavy atom. The molecule has 7 aliphatic heterocycles. The van der Waals surface area contributed by atoms with Crippen LogP contribution in [-0.4, -0.2) is 11.6 Å². The molecule has 0 saturated carbocycles. The molecule has 6 aromatic rings. The highest BCUT2D eigenvalue weighted by Gasteiger charge is 2.14. The lowest BCUT2D eigenvalue weighted by Gasteiger charge is -2.09. The van der Waals surface area contributed by atoms with Gasteiger partial charge in [-0.1, -0.05) is 133 Å². The molecule has 7 heterocycles. The summed E-state index contributed by atoms with van der Waals surface area (Å²) in [4.78, 5) is 26.7. The summed E-state index contributed by atoms with van der Waals surface area (Å²) in [6, 6.07) is 49.2. The fourth-order valence-electron chi connectivity index (χ4n) is 5.68. The Balaban J connectivity index is 1.16. The van der Waals surface area contributed by atoms with Crippen LogP contribution in [-0.2, 0) is 23.0 Å². The molecule has 0 spiro atoms. The van der Waals surface area contributed by atoms with Crippen LogP contribution < -0.4 is 0 Å². The maximum atomic E-state index is 13.3. The quantitative estimate of drug-likeness (QED) is 0.167. The lowest BCUT2D eigenvalue weighted by Crippen LogP contribution is -2.06. The van der Waals surface area contributed by atoms with E-state index in [1.54, 1.807) is 24.3 Å². The first-order chi connectivity index (χ1) is 22.6. The van der Waals surface area contributed by atoms with Crippen molar-refractivity contribution in [1.82, 2.24) is 0 Å². The molecule has 0 radical (unpaired) electrons. The summed E-state index contributed by atoms with van der Waals surface area (Å²) in [5.41, 5.74) is 12.1. The molecule has 13 rings (SSSR count). The average Bonchev–Trinajstić information content (AvgIpc) is 3.12. The van der Waals surface area contributed by atoms with Crippen molar-refractivity contribution >= 4 is 35.1 Å². The van der Waals surface area contributed by atoms with Crippen LogP contribution in [0.15, 0.2) is 146 Å². The smallest absolute Gasteiger partial charge is 0.193 e. The molecule has 12 bridgehead atoms. The Labute approximate surface area is 278 Å². The van der Waals surface area contributed by atoms with Crippen molar-refractivity contribution < 1.29 is 9.59 Å². The van der Waals surface area contributed by atoms with Gasteiger partial charge in [0.15, 0.2) is 11.6 Å². The van der Waals surface area contributed by atoms with Gasteiger partial charge in [-0.3, -0.25) is 9.59 Å². The molecule has 7 aliphatic rings. The van der Waals surface area contributed by atoms with E-state index in [1.165, 1.54) is 44.5 Å². The number of thioether (sulfide) groups is 2. The third-order valence-electron chi connectivity index (χ3n) is 8.33. The number of carbonyl (C=O) groups is 2. The minimum Gasteiger partial charge on any atom is -0.289 e. The van der Waals surface area contributed by atoms with Crippen molar-refractivity contribution in [3.8, 4) is 22.3 Å². The van der Waals surface area contributed by atoms with Gasteiger partial charge in [-0.25, -0.2) is 0 Å². The van der Waals surface area contributed by atoms with E-state index < -0.39 is 0 Å². The van der Waals surface area contributed by atoms with E-state index in [4.69, 9.17) is 0 Å². The van der Waals surface area contributed by atoms with Gasteiger partial charge in [0.1, 0.15) is 0 Å². The summed E-state index contributed by atoms with van der Waals surface area (Å²) in [7, 11) is 0. The second-order valence-electron chi connectivity index (χ2n) is 11.6. The second kappa shape index (κ2) is 13.8. The van der Waals surface area contributed by atoms with Crippen molar-refractivity contribution in [1.29, 1.82) is 0 Å². The van der Waals surface area contributed by atoms with Gasteiger partial charge in [-0.05, 0) is 56.6 Å². The van der Waals surface area contributed by atoms with Crippen LogP contribution in [0.4, 0.5) is 0 Å². The van der Waals surface area contributed by atoms with Crippen molar-refractivity contribution in [2.45, 2.75) is 23.0 Å². The van der Waals surface area contributed by atoms with Gasteiger partial charge in [-0.2, -0.15) is 23.5 Å². The molecule has 4 heteroatoms. The van der Waals surface area contributed by atoms with Gasteiger partial charge in [0, 0.05) is 45.3 Å². The van der Waals surface area contributed by atoms with Gasteiger partial charge in [0.25, 0.3) is 0 Å². The normalized spacial score (nSPS) is 13.7. The molecule has 224 valence electrons. The Bertz CT molecular complexity index is 1850. The van der Waals surface area contributed by atoms with E-state index in [1.807, 2.05) is 72.1 Å². The van der Waals surface area contributed by atoms with E-state index in [0.717, 1.165) is 23.0 Å². The molecule has 0 amide bonds. The van der Waals surface area contributed by atoms with E-state index in [2.05, 4.69) is 72.8 Å². The van der Waals surface area contributed by atoms with Crippen LogP contribution in [0, 0.1) is 0 Å². The molecule has 2 nitrogen and oxygen atoms in total. The monoisotopic (exact) mass is 632 g/mol. The minimum atomic E-state index is -0.0823. The molecule has 0 N–H and O–H groups in total. The van der Waals surface area contributed by atoms with Crippen LogP contribution in [0.5, 0.6) is 0 Å². The first-order valence-corrected chi connectivity index (χ1v) is 17.7. The predicted octanol–water partition coefficient (Wildman–Crippen LogP) is 10.7. The highest BCUT2D eigenvalue weighted by atomic mass is 32.2. The van der Waals surface area contributed by atoms with Gasteiger partial charge in [0.05, 0.1) is 0 Å². The number of hydrogen-bond acceptors (Lipinski definition) is 4. The number of rotatable bonds is 0. The SMILES string of the molecule is O=C1c2ccc(cc2)CSCc2ccc(cc2)-c2cccc(c2)-c2ccc(cc2)CSCc2ccc(cc2)C(=O)c2cccc1c2. The van der Waals surface area contributed by atoms with Gasteiger partial charge in [0.2, 0.25) is 0 Å². The number of hydrogen-bond donors (Lipinski definition) is 0. The lowest BCUT2D eigenvalue weighted by molar-refractivity contribution is 0.103. The highest BCUT2D eigenvalue weighted by molar-refractivity contribution is 7.97. The largest absolute Gasteiger partial charge is 0.289 e. The Kier molecular flexibility index (Phi) is 9.00. The number of benzene rings is 6. The van der Waals surface area contributed by atoms with E-state index >= 15 is 0 Å². The van der Waals surface area contributed by atoms with Crippen LogP contribution in [0.2, 0.25) is 0 Å². The zero-order chi connectivity index (χ0) is 31.3. The molecule has 0 unspecified atom stereocenters. The maximum Gasteiger partial charge on any atom is 0.193 e. The lowest BCUT2D eigenvalue weighted by atomic mass is 9.97. The van der Waals surface area contributed by atoms with Crippen molar-refractivity contribution in [2.24, 2.45) is 0 Å². The summed E-state index contributed by atoms with van der Waals surface area (Å²) in [5, 5.41) is 0. The second-order valence-corrected chi connectivity index (χ2v) is 13.6. The van der Waals surface area contributed by atoms with Crippen LogP contribution >= 0.6 is 23.5 Å². The van der Waals surface area contributed by atoms with Crippen LogP contribution in [0.25, 0.3) is 22.3 Å². The zero-order valence-electron chi connectivity index (χ0n) is 25.3. The summed E-state index contributed by atoms with van der Waals surface area (Å²) in [6.45, 7) is 0. The number of ketones is 2. The fourth-order valence-corrected chi connectivity index (χ4v) is 7.60. The summed E-state index contributed by atoms with van der Waals surface area (Å²) in [6.07, 6.45) is 0.